The Labute approximate surface area is 133 Å². The van der Waals surface area contributed by atoms with Gasteiger partial charge in [0.25, 0.3) is 0 Å². The number of methoxy groups -OCH3 is 2. The van der Waals surface area contributed by atoms with Gasteiger partial charge in [0, 0.05) is 6.21 Å². The first-order valence-electron chi connectivity index (χ1n) is 6.73. The zero-order valence-corrected chi connectivity index (χ0v) is 12.7. The van der Waals surface area contributed by atoms with Gasteiger partial charge in [-0.15, -0.1) is 0 Å². The van der Waals surface area contributed by atoms with Crippen molar-refractivity contribution < 1.29 is 19.1 Å². The molecule has 0 aromatic carbocycles. The van der Waals surface area contributed by atoms with Crippen LogP contribution in [0.2, 0.25) is 0 Å². The molecule has 2 aromatic rings. The highest BCUT2D eigenvalue weighted by atomic mass is 16.5. The van der Waals surface area contributed by atoms with E-state index in [1.165, 1.54) is 20.4 Å². The molecule has 0 aliphatic rings. The smallest absolute Gasteiger partial charge is 0.356 e. The first kappa shape index (κ1) is 16.3. The van der Waals surface area contributed by atoms with Crippen molar-refractivity contribution in [2.24, 2.45) is 4.99 Å². The molecule has 0 unspecified atom stereocenters. The Morgan fingerprint density at radius 3 is 2.26 bits per heavy atom. The van der Waals surface area contributed by atoms with Crippen LogP contribution in [0.5, 0.6) is 0 Å². The van der Waals surface area contributed by atoms with Crippen LogP contribution in [0.3, 0.4) is 0 Å². The average Bonchev–Trinajstić information content (AvgIpc) is 2.61. The predicted molar refractivity (Wildman–Crippen MR) is 82.5 cm³/mol. The number of aromatic nitrogens is 2. The first-order valence-corrected chi connectivity index (χ1v) is 6.73. The van der Waals surface area contributed by atoms with Gasteiger partial charge in [-0.05, 0) is 24.3 Å². The van der Waals surface area contributed by atoms with Gasteiger partial charge in [0.15, 0.2) is 0 Å². The van der Waals surface area contributed by atoms with E-state index in [0.29, 0.717) is 11.4 Å². The zero-order valence-electron chi connectivity index (χ0n) is 12.7. The third kappa shape index (κ3) is 4.44. The van der Waals surface area contributed by atoms with Crippen LogP contribution in [-0.4, -0.2) is 42.3 Å². The summed E-state index contributed by atoms with van der Waals surface area (Å²) in [5, 5.41) is 0. The Hall–Kier alpha value is -3.09. The van der Waals surface area contributed by atoms with Crippen LogP contribution in [0.4, 0.5) is 0 Å². The lowest BCUT2D eigenvalue weighted by molar-refractivity contribution is 0.0585. The van der Waals surface area contributed by atoms with Gasteiger partial charge in [-0.1, -0.05) is 12.1 Å². The van der Waals surface area contributed by atoms with Crippen molar-refractivity contribution in [3.8, 4) is 0 Å². The van der Waals surface area contributed by atoms with E-state index in [2.05, 4.69) is 24.4 Å². The second-order valence-electron chi connectivity index (χ2n) is 4.41. The van der Waals surface area contributed by atoms with Gasteiger partial charge >= 0.3 is 11.9 Å². The molecule has 0 aliphatic heterocycles. The van der Waals surface area contributed by atoms with E-state index in [-0.39, 0.29) is 17.9 Å². The monoisotopic (exact) mass is 313 g/mol. The molecule has 0 amide bonds. The molecule has 0 saturated carbocycles. The molecule has 0 fully saturated rings. The van der Waals surface area contributed by atoms with Crippen molar-refractivity contribution in [1.82, 2.24) is 9.97 Å². The number of aliphatic imine (C=N–C) groups is 1. The van der Waals surface area contributed by atoms with Crippen molar-refractivity contribution in [3.05, 3.63) is 59.2 Å². The largest absolute Gasteiger partial charge is 0.464 e. The number of esters is 2. The highest BCUT2D eigenvalue weighted by Gasteiger charge is 2.08. The molecule has 7 heteroatoms. The minimum absolute atomic E-state index is 0.210. The normalized spacial score (nSPS) is 10.5. The highest BCUT2D eigenvalue weighted by molar-refractivity contribution is 5.88. The Balaban J connectivity index is 2.07. The molecule has 0 bridgehead atoms. The van der Waals surface area contributed by atoms with E-state index in [0.717, 1.165) is 0 Å². The quantitative estimate of drug-likeness (QED) is 0.616. The Morgan fingerprint density at radius 1 is 1.00 bits per heavy atom. The fraction of sp³-hybridized carbons (Fsp3) is 0.188. The zero-order chi connectivity index (χ0) is 16.7. The van der Waals surface area contributed by atoms with Crippen molar-refractivity contribution in [2.75, 3.05) is 14.2 Å². The minimum atomic E-state index is -0.507. The van der Waals surface area contributed by atoms with E-state index in [4.69, 9.17) is 0 Å². The topological polar surface area (TPSA) is 90.7 Å². The van der Waals surface area contributed by atoms with Gasteiger partial charge < -0.3 is 9.47 Å². The molecule has 118 valence electrons. The maximum Gasteiger partial charge on any atom is 0.356 e. The second kappa shape index (κ2) is 7.79. The average molecular weight is 313 g/mol. The number of pyridine rings is 2. The summed E-state index contributed by atoms with van der Waals surface area (Å²) in [6.07, 6.45) is 1.53. The Kier molecular flexibility index (Phi) is 5.51. The lowest BCUT2D eigenvalue weighted by Gasteiger charge is -2.01. The standard InChI is InChI=1S/C16H15N3O4/c1-22-15(20)13-7-3-5-11(18-13)9-17-10-12-6-4-8-14(19-12)16(21)23-2/h3-9H,10H2,1-2H3. The molecule has 0 saturated heterocycles. The number of nitrogens with zero attached hydrogens (tertiary/aromatic N) is 3. The number of hydrogen-bond acceptors (Lipinski definition) is 7. The lowest BCUT2D eigenvalue weighted by Crippen LogP contribution is -2.06. The number of ether oxygens (including phenoxy) is 2. The molecule has 2 heterocycles. The van der Waals surface area contributed by atoms with E-state index >= 15 is 0 Å². The summed E-state index contributed by atoms with van der Waals surface area (Å²) < 4.78 is 9.23. The molecule has 2 aromatic heterocycles. The Morgan fingerprint density at radius 2 is 1.61 bits per heavy atom. The minimum Gasteiger partial charge on any atom is -0.464 e. The SMILES string of the molecule is COC(=O)c1cccc(C=NCc2cccc(C(=O)OC)n2)n1. The molecule has 0 spiro atoms. The van der Waals surface area contributed by atoms with Crippen molar-refractivity contribution in [3.63, 3.8) is 0 Å². The van der Waals surface area contributed by atoms with Crippen LogP contribution in [-0.2, 0) is 16.0 Å². The van der Waals surface area contributed by atoms with Gasteiger partial charge in [0.1, 0.15) is 11.4 Å². The summed E-state index contributed by atoms with van der Waals surface area (Å²) in [4.78, 5) is 35.3. The number of carbonyl (C=O) groups is 2. The third-order valence-electron chi connectivity index (χ3n) is 2.84. The Bertz CT molecular complexity index is 744. The van der Waals surface area contributed by atoms with Crippen LogP contribution in [0.15, 0.2) is 41.4 Å². The van der Waals surface area contributed by atoms with Crippen LogP contribution in [0.25, 0.3) is 0 Å². The van der Waals surface area contributed by atoms with Crippen LogP contribution >= 0.6 is 0 Å². The van der Waals surface area contributed by atoms with Crippen molar-refractivity contribution in [2.45, 2.75) is 6.54 Å². The molecule has 0 atom stereocenters. The summed E-state index contributed by atoms with van der Waals surface area (Å²) >= 11 is 0. The summed E-state index contributed by atoms with van der Waals surface area (Å²) in [7, 11) is 2.60. The summed E-state index contributed by atoms with van der Waals surface area (Å²) in [6, 6.07) is 10.00. The fourth-order valence-corrected chi connectivity index (χ4v) is 1.76. The predicted octanol–water partition coefficient (Wildman–Crippen LogP) is 1.67. The van der Waals surface area contributed by atoms with E-state index in [1.807, 2.05) is 0 Å². The van der Waals surface area contributed by atoms with E-state index in [1.54, 1.807) is 36.4 Å². The summed E-state index contributed by atoms with van der Waals surface area (Å²) in [5.74, 6) is -1.00. The molecule has 0 radical (unpaired) electrons. The molecular formula is C16H15N3O4. The van der Waals surface area contributed by atoms with Crippen molar-refractivity contribution in [1.29, 1.82) is 0 Å². The van der Waals surface area contributed by atoms with Gasteiger partial charge in [-0.25, -0.2) is 19.6 Å². The van der Waals surface area contributed by atoms with Crippen LogP contribution in [0, 0.1) is 0 Å². The number of carbonyl (C=O) groups excluding carboxylic acids is 2. The number of hydrogen-bond donors (Lipinski definition) is 0. The molecule has 0 aliphatic carbocycles. The molecular weight excluding hydrogens is 298 g/mol. The van der Waals surface area contributed by atoms with Crippen LogP contribution < -0.4 is 0 Å². The maximum atomic E-state index is 11.4. The van der Waals surface area contributed by atoms with Gasteiger partial charge in [0.2, 0.25) is 0 Å². The van der Waals surface area contributed by atoms with Crippen molar-refractivity contribution >= 4 is 18.2 Å². The van der Waals surface area contributed by atoms with Gasteiger partial charge in [-0.3, -0.25) is 4.99 Å². The van der Waals surface area contributed by atoms with Crippen LogP contribution in [0.1, 0.15) is 32.4 Å². The molecule has 2 rings (SSSR count). The first-order chi connectivity index (χ1) is 11.1. The van der Waals surface area contributed by atoms with Gasteiger partial charge in [-0.2, -0.15) is 0 Å². The molecule has 23 heavy (non-hydrogen) atoms. The third-order valence-corrected chi connectivity index (χ3v) is 2.84. The van der Waals surface area contributed by atoms with E-state index < -0.39 is 11.9 Å². The lowest BCUT2D eigenvalue weighted by atomic mass is 10.3. The van der Waals surface area contributed by atoms with E-state index in [9.17, 15) is 9.59 Å². The number of rotatable bonds is 5. The molecule has 7 nitrogen and oxygen atoms in total. The second-order valence-corrected chi connectivity index (χ2v) is 4.41. The fourth-order valence-electron chi connectivity index (χ4n) is 1.76. The van der Waals surface area contributed by atoms with Gasteiger partial charge in [0.05, 0.1) is 32.2 Å². The molecule has 0 N–H and O–H groups in total. The summed E-state index contributed by atoms with van der Waals surface area (Å²) in [5.41, 5.74) is 1.58. The highest BCUT2D eigenvalue weighted by Crippen LogP contribution is 2.03. The maximum absolute atomic E-state index is 11.4. The summed E-state index contributed by atoms with van der Waals surface area (Å²) in [6.45, 7) is 0.273.